The van der Waals surface area contributed by atoms with Crippen LogP contribution in [0.5, 0.6) is 0 Å². The van der Waals surface area contributed by atoms with Gasteiger partial charge in [0.15, 0.2) is 0 Å². The highest BCUT2D eigenvalue weighted by atomic mass is 16.4. The molecule has 0 spiro atoms. The van der Waals surface area contributed by atoms with Crippen molar-refractivity contribution < 1.29 is 19.9 Å². The average molecular weight is 298 g/mol. The molecule has 0 aromatic carbocycles. The summed E-state index contributed by atoms with van der Waals surface area (Å²) in [6.45, 7) is 0. The summed E-state index contributed by atoms with van der Waals surface area (Å²) < 4.78 is 0. The van der Waals surface area contributed by atoms with Crippen molar-refractivity contribution in [3.63, 3.8) is 0 Å². The third-order valence-electron chi connectivity index (χ3n) is 5.61. The fourth-order valence-electron chi connectivity index (χ4n) is 4.48. The predicted octanol–water partition coefficient (Wildman–Crippen LogP) is -0.00220. The molecule has 0 amide bonds. The number of rotatable bonds is 6. The summed E-state index contributed by atoms with van der Waals surface area (Å²) >= 11 is 0. The van der Waals surface area contributed by atoms with E-state index in [4.69, 9.17) is 15.8 Å². The van der Waals surface area contributed by atoms with Crippen LogP contribution in [0.1, 0.15) is 32.1 Å². The molecule has 5 atom stereocenters. The van der Waals surface area contributed by atoms with Crippen LogP contribution in [0, 0.1) is 17.8 Å². The minimum absolute atomic E-state index is 0.0660. The Morgan fingerprint density at radius 2 is 2.05 bits per heavy atom. The standard InChI is InChI=1S/C14H27BN2O4/c1-17(2)10-6-9-8-14(16,13(18)19)12(11(9)7-10)4-3-5-15(20)21/h9-12,20-21H,3-8,16H2,1-2H3,(H,18,19)/t9?,10?,11-,12?,14?/m1/s1. The van der Waals surface area contributed by atoms with Crippen molar-refractivity contribution in [3.8, 4) is 0 Å². The molecule has 0 radical (unpaired) electrons. The lowest BCUT2D eigenvalue weighted by Crippen LogP contribution is -2.52. The second kappa shape index (κ2) is 6.24. The summed E-state index contributed by atoms with van der Waals surface area (Å²) in [7, 11) is 2.81. The predicted molar refractivity (Wildman–Crippen MR) is 80.6 cm³/mol. The summed E-state index contributed by atoms with van der Waals surface area (Å²) in [5.41, 5.74) is 5.09. The highest BCUT2D eigenvalue weighted by Gasteiger charge is 2.58. The minimum Gasteiger partial charge on any atom is -0.480 e. The van der Waals surface area contributed by atoms with Gasteiger partial charge in [0.05, 0.1) is 0 Å². The van der Waals surface area contributed by atoms with E-state index in [1.54, 1.807) is 0 Å². The number of nitrogens with two attached hydrogens (primary N) is 1. The van der Waals surface area contributed by atoms with Crippen LogP contribution in [-0.2, 0) is 4.79 Å². The molecule has 4 unspecified atom stereocenters. The van der Waals surface area contributed by atoms with Crippen molar-refractivity contribution in [2.75, 3.05) is 14.1 Å². The van der Waals surface area contributed by atoms with E-state index >= 15 is 0 Å². The first-order valence-electron chi connectivity index (χ1n) is 7.80. The van der Waals surface area contributed by atoms with Crippen molar-refractivity contribution in [1.82, 2.24) is 4.90 Å². The lowest BCUT2D eigenvalue weighted by Gasteiger charge is -2.31. The normalized spacial score (nSPS) is 38.8. The zero-order valence-electron chi connectivity index (χ0n) is 12.9. The van der Waals surface area contributed by atoms with Gasteiger partial charge < -0.3 is 25.8 Å². The van der Waals surface area contributed by atoms with Crippen molar-refractivity contribution in [2.24, 2.45) is 23.5 Å². The maximum Gasteiger partial charge on any atom is 0.451 e. The molecule has 2 rings (SSSR count). The molecule has 0 aliphatic heterocycles. The van der Waals surface area contributed by atoms with Gasteiger partial charge in [0.2, 0.25) is 0 Å². The quantitative estimate of drug-likeness (QED) is 0.514. The summed E-state index contributed by atoms with van der Waals surface area (Å²) in [4.78, 5) is 13.9. The molecule has 2 aliphatic carbocycles. The van der Waals surface area contributed by atoms with Crippen LogP contribution in [0.4, 0.5) is 0 Å². The zero-order chi connectivity index (χ0) is 15.8. The summed E-state index contributed by atoms with van der Waals surface area (Å²) in [5.74, 6) is -0.256. The Morgan fingerprint density at radius 1 is 1.38 bits per heavy atom. The van der Waals surface area contributed by atoms with Crippen molar-refractivity contribution in [2.45, 2.75) is 50.0 Å². The van der Waals surface area contributed by atoms with E-state index in [1.807, 2.05) is 0 Å². The highest BCUT2D eigenvalue weighted by molar-refractivity contribution is 6.40. The van der Waals surface area contributed by atoms with Gasteiger partial charge in [-0.3, -0.25) is 4.79 Å². The number of fused-ring (bicyclic) bond motifs is 1. The first-order valence-corrected chi connectivity index (χ1v) is 7.80. The van der Waals surface area contributed by atoms with Gasteiger partial charge in [-0.1, -0.05) is 6.42 Å². The van der Waals surface area contributed by atoms with E-state index in [1.165, 1.54) is 0 Å². The SMILES string of the molecule is CN(C)C1CC2CC(N)(C(=O)O)C(CCCB(O)O)[C@@H]2C1. The fraction of sp³-hybridized carbons (Fsp3) is 0.929. The molecule has 6 nitrogen and oxygen atoms in total. The Labute approximate surface area is 126 Å². The first-order chi connectivity index (χ1) is 9.75. The Kier molecular flexibility index (Phi) is 4.98. The molecule has 21 heavy (non-hydrogen) atoms. The lowest BCUT2D eigenvalue weighted by atomic mass is 9.75. The van der Waals surface area contributed by atoms with E-state index in [-0.39, 0.29) is 12.2 Å². The van der Waals surface area contributed by atoms with Crippen molar-refractivity contribution in [3.05, 3.63) is 0 Å². The molecule has 2 fully saturated rings. The topological polar surface area (TPSA) is 107 Å². The maximum atomic E-state index is 11.6. The van der Waals surface area contributed by atoms with Gasteiger partial charge in [-0.05, 0) is 63.9 Å². The Bertz CT molecular complexity index is 393. The molecule has 5 N–H and O–H groups in total. The maximum absolute atomic E-state index is 11.6. The average Bonchev–Trinajstić information content (AvgIpc) is 2.87. The second-order valence-corrected chi connectivity index (χ2v) is 7.08. The van der Waals surface area contributed by atoms with Crippen LogP contribution in [0.3, 0.4) is 0 Å². The molecule has 7 heteroatoms. The number of aliphatic carboxylic acids is 1. The van der Waals surface area contributed by atoms with Gasteiger partial charge in [0.25, 0.3) is 0 Å². The molecule has 0 heterocycles. The van der Waals surface area contributed by atoms with Gasteiger partial charge in [-0.2, -0.15) is 0 Å². The van der Waals surface area contributed by atoms with E-state index < -0.39 is 18.6 Å². The van der Waals surface area contributed by atoms with Crippen molar-refractivity contribution in [1.29, 1.82) is 0 Å². The number of hydrogen-bond donors (Lipinski definition) is 4. The molecule has 2 aliphatic rings. The van der Waals surface area contributed by atoms with Crippen LogP contribution < -0.4 is 5.73 Å². The van der Waals surface area contributed by atoms with Crippen LogP contribution in [0.2, 0.25) is 6.32 Å². The summed E-state index contributed by atoms with van der Waals surface area (Å²) in [6, 6.07) is 0.504. The molecule has 0 saturated heterocycles. The lowest BCUT2D eigenvalue weighted by molar-refractivity contribution is -0.145. The van der Waals surface area contributed by atoms with E-state index in [2.05, 4.69) is 19.0 Å². The highest BCUT2D eigenvalue weighted by Crippen LogP contribution is 2.54. The molecule has 0 aromatic rings. The third kappa shape index (κ3) is 3.26. The van der Waals surface area contributed by atoms with Crippen LogP contribution in [-0.4, -0.2) is 58.8 Å². The van der Waals surface area contributed by atoms with Crippen LogP contribution in [0.15, 0.2) is 0 Å². The van der Waals surface area contributed by atoms with E-state index in [9.17, 15) is 9.90 Å². The molecular weight excluding hydrogens is 271 g/mol. The number of carbonyl (C=O) groups is 1. The summed E-state index contributed by atoms with van der Waals surface area (Å²) in [5, 5.41) is 27.5. The van der Waals surface area contributed by atoms with Crippen LogP contribution >= 0.6 is 0 Å². The first kappa shape index (κ1) is 16.7. The molecule has 120 valence electrons. The number of hydrogen-bond acceptors (Lipinski definition) is 5. The fourth-order valence-corrected chi connectivity index (χ4v) is 4.48. The van der Waals surface area contributed by atoms with Gasteiger partial charge >= 0.3 is 13.1 Å². The minimum atomic E-state index is -1.32. The zero-order valence-corrected chi connectivity index (χ0v) is 12.9. The van der Waals surface area contributed by atoms with Gasteiger partial charge in [0.1, 0.15) is 5.54 Å². The smallest absolute Gasteiger partial charge is 0.451 e. The third-order valence-corrected chi connectivity index (χ3v) is 5.61. The second-order valence-electron chi connectivity index (χ2n) is 7.08. The number of nitrogens with zero attached hydrogens (tertiary/aromatic N) is 1. The number of carboxylic acids is 1. The Hall–Kier alpha value is -0.625. The van der Waals surface area contributed by atoms with E-state index in [0.29, 0.717) is 37.1 Å². The van der Waals surface area contributed by atoms with Gasteiger partial charge in [-0.25, -0.2) is 0 Å². The van der Waals surface area contributed by atoms with E-state index in [0.717, 1.165) is 12.8 Å². The Balaban J connectivity index is 2.08. The van der Waals surface area contributed by atoms with Gasteiger partial charge in [0, 0.05) is 6.04 Å². The Morgan fingerprint density at radius 3 is 2.57 bits per heavy atom. The monoisotopic (exact) mass is 298 g/mol. The molecule has 0 aromatic heterocycles. The molecule has 0 bridgehead atoms. The summed E-state index contributed by atoms with van der Waals surface area (Å²) in [6.07, 6.45) is 4.09. The van der Waals surface area contributed by atoms with Crippen molar-refractivity contribution >= 4 is 13.1 Å². The molecule has 2 saturated carbocycles. The van der Waals surface area contributed by atoms with Crippen LogP contribution in [0.25, 0.3) is 0 Å². The number of carboxylic acid groups (broad SMARTS) is 1. The molecular formula is C14H27BN2O4. The van der Waals surface area contributed by atoms with Gasteiger partial charge in [-0.15, -0.1) is 0 Å². The largest absolute Gasteiger partial charge is 0.480 e.